The minimum Gasteiger partial charge on any atom is -0.310 e. The molecule has 0 saturated heterocycles. The van der Waals surface area contributed by atoms with E-state index in [0.717, 1.165) is 11.3 Å². The maximum absolute atomic E-state index is 5.18. The molecule has 1 atom stereocenters. The zero-order valence-corrected chi connectivity index (χ0v) is 20.6. The van der Waals surface area contributed by atoms with Crippen LogP contribution in [0, 0.1) is 0 Å². The average molecular weight is 479 g/mol. The van der Waals surface area contributed by atoms with Gasteiger partial charge < -0.3 is 4.57 Å². The Morgan fingerprint density at radius 2 is 1.42 bits per heavy atom. The number of thiophene rings is 1. The van der Waals surface area contributed by atoms with Crippen LogP contribution >= 0.6 is 11.3 Å². The van der Waals surface area contributed by atoms with E-state index in [-0.39, 0.29) is 5.54 Å². The molecular formula is C33H22N2S. The largest absolute Gasteiger partial charge is 0.310 e. The van der Waals surface area contributed by atoms with Crippen molar-refractivity contribution in [2.75, 3.05) is 0 Å². The lowest BCUT2D eigenvalue weighted by atomic mass is 9.83. The van der Waals surface area contributed by atoms with Crippen LogP contribution in [0.1, 0.15) is 18.1 Å². The van der Waals surface area contributed by atoms with Crippen molar-refractivity contribution in [3.8, 4) is 22.5 Å². The summed E-state index contributed by atoms with van der Waals surface area (Å²) in [7, 11) is 0. The van der Waals surface area contributed by atoms with Crippen molar-refractivity contribution in [2.45, 2.75) is 12.5 Å². The quantitative estimate of drug-likeness (QED) is 0.243. The van der Waals surface area contributed by atoms with Crippen LogP contribution < -0.4 is 0 Å². The van der Waals surface area contributed by atoms with E-state index in [1.54, 1.807) is 0 Å². The molecule has 170 valence electrons. The van der Waals surface area contributed by atoms with Gasteiger partial charge in [0.25, 0.3) is 0 Å². The van der Waals surface area contributed by atoms with Gasteiger partial charge in [-0.1, -0.05) is 97.1 Å². The Bertz CT molecular complexity index is 1960. The van der Waals surface area contributed by atoms with Crippen LogP contribution in [0.2, 0.25) is 0 Å². The molecule has 7 aromatic rings. The Balaban J connectivity index is 1.48. The maximum Gasteiger partial charge on any atom is 0.142 e. The van der Waals surface area contributed by atoms with Crippen molar-refractivity contribution in [1.29, 1.82) is 0 Å². The second-order valence-corrected chi connectivity index (χ2v) is 10.8. The highest BCUT2D eigenvalue weighted by molar-refractivity contribution is 7.26. The molecule has 0 radical (unpaired) electrons. The van der Waals surface area contributed by atoms with Gasteiger partial charge in [-0.2, -0.15) is 0 Å². The van der Waals surface area contributed by atoms with E-state index in [0.29, 0.717) is 0 Å². The van der Waals surface area contributed by atoms with Crippen LogP contribution in [0.4, 0.5) is 0 Å². The molecule has 8 rings (SSSR count). The fourth-order valence-corrected chi connectivity index (χ4v) is 7.46. The minimum absolute atomic E-state index is 0.379. The Hall–Kier alpha value is -4.21. The van der Waals surface area contributed by atoms with Crippen molar-refractivity contribution in [3.05, 3.63) is 126 Å². The molecule has 0 fully saturated rings. The predicted molar refractivity (Wildman–Crippen MR) is 152 cm³/mol. The number of aromatic nitrogens is 2. The van der Waals surface area contributed by atoms with Crippen molar-refractivity contribution >= 4 is 42.5 Å². The molecule has 1 unspecified atom stereocenters. The van der Waals surface area contributed by atoms with Crippen LogP contribution in [0.15, 0.2) is 115 Å². The van der Waals surface area contributed by atoms with Crippen molar-refractivity contribution in [3.63, 3.8) is 0 Å². The smallest absolute Gasteiger partial charge is 0.142 e. The molecule has 5 aromatic carbocycles. The third kappa shape index (κ3) is 2.53. The van der Waals surface area contributed by atoms with E-state index in [2.05, 4.69) is 127 Å². The molecule has 0 bridgehead atoms. The molecule has 3 heterocycles. The third-order valence-corrected chi connectivity index (χ3v) is 9.05. The number of fused-ring (bicyclic) bond motifs is 8. The molecular weight excluding hydrogens is 456 g/mol. The highest BCUT2D eigenvalue weighted by Crippen LogP contribution is 2.52. The van der Waals surface area contributed by atoms with Crippen LogP contribution in [0.3, 0.4) is 0 Å². The molecule has 0 N–H and O–H groups in total. The molecule has 0 aliphatic carbocycles. The average Bonchev–Trinajstić information content (AvgIpc) is 3.58. The lowest BCUT2D eigenvalue weighted by molar-refractivity contribution is 0.522. The molecule has 0 saturated carbocycles. The number of benzene rings is 5. The van der Waals surface area contributed by atoms with Crippen LogP contribution in [0.5, 0.6) is 0 Å². The summed E-state index contributed by atoms with van der Waals surface area (Å²) in [6, 6.07) is 41.6. The minimum atomic E-state index is -0.379. The van der Waals surface area contributed by atoms with E-state index >= 15 is 0 Å². The van der Waals surface area contributed by atoms with Gasteiger partial charge in [-0.05, 0) is 41.8 Å². The van der Waals surface area contributed by atoms with E-state index in [1.807, 2.05) is 11.3 Å². The van der Waals surface area contributed by atoms with Gasteiger partial charge in [-0.25, -0.2) is 4.98 Å². The van der Waals surface area contributed by atoms with Gasteiger partial charge in [-0.15, -0.1) is 11.3 Å². The third-order valence-electron chi connectivity index (χ3n) is 7.83. The molecule has 0 spiro atoms. The first-order valence-electron chi connectivity index (χ1n) is 12.3. The predicted octanol–water partition coefficient (Wildman–Crippen LogP) is 8.86. The SMILES string of the molecule is CC1(c2cccc3c2sc2ccccc23)c2ccccc2-c2nc3ccc(-c4ccccc4)cc3n21. The molecule has 36 heavy (non-hydrogen) atoms. The second kappa shape index (κ2) is 7.16. The zero-order chi connectivity index (χ0) is 23.9. The highest BCUT2D eigenvalue weighted by Gasteiger charge is 2.43. The Kier molecular flexibility index (Phi) is 3.98. The molecule has 2 nitrogen and oxygen atoms in total. The first kappa shape index (κ1) is 20.0. The molecule has 3 heteroatoms. The molecule has 0 amide bonds. The van der Waals surface area contributed by atoms with Crippen LogP contribution in [-0.2, 0) is 5.54 Å². The fourth-order valence-electron chi connectivity index (χ4n) is 6.14. The second-order valence-electron chi connectivity index (χ2n) is 9.74. The lowest BCUT2D eigenvalue weighted by Crippen LogP contribution is -2.29. The van der Waals surface area contributed by atoms with Gasteiger partial charge >= 0.3 is 0 Å². The lowest BCUT2D eigenvalue weighted by Gasteiger charge is -2.30. The van der Waals surface area contributed by atoms with Gasteiger partial charge in [0.05, 0.1) is 16.6 Å². The van der Waals surface area contributed by atoms with E-state index in [1.165, 1.54) is 53.5 Å². The monoisotopic (exact) mass is 478 g/mol. The van der Waals surface area contributed by atoms with Gasteiger partial charge in [-0.3, -0.25) is 0 Å². The summed E-state index contributed by atoms with van der Waals surface area (Å²) in [6.07, 6.45) is 0. The Morgan fingerprint density at radius 1 is 0.667 bits per heavy atom. The number of nitrogens with zero attached hydrogens (tertiary/aromatic N) is 2. The van der Waals surface area contributed by atoms with Gasteiger partial charge in [0.1, 0.15) is 5.82 Å². The summed E-state index contributed by atoms with van der Waals surface area (Å²) >= 11 is 1.90. The highest BCUT2D eigenvalue weighted by atomic mass is 32.1. The summed E-state index contributed by atoms with van der Waals surface area (Å²) in [5.74, 6) is 1.05. The Labute approximate surface area is 213 Å². The van der Waals surface area contributed by atoms with Crippen molar-refractivity contribution < 1.29 is 0 Å². The Morgan fingerprint density at radius 3 is 2.33 bits per heavy atom. The number of rotatable bonds is 2. The van der Waals surface area contributed by atoms with E-state index in [9.17, 15) is 0 Å². The summed E-state index contributed by atoms with van der Waals surface area (Å²) in [4.78, 5) is 5.18. The van der Waals surface area contributed by atoms with E-state index in [4.69, 9.17) is 4.98 Å². The zero-order valence-electron chi connectivity index (χ0n) is 19.8. The number of hydrogen-bond acceptors (Lipinski definition) is 2. The van der Waals surface area contributed by atoms with Crippen molar-refractivity contribution in [1.82, 2.24) is 9.55 Å². The van der Waals surface area contributed by atoms with Crippen LogP contribution in [0.25, 0.3) is 53.7 Å². The van der Waals surface area contributed by atoms with Crippen LogP contribution in [-0.4, -0.2) is 9.55 Å². The summed E-state index contributed by atoms with van der Waals surface area (Å²) in [5.41, 5.74) is 8.12. The van der Waals surface area contributed by atoms with Gasteiger partial charge in [0.2, 0.25) is 0 Å². The summed E-state index contributed by atoms with van der Waals surface area (Å²) in [6.45, 7) is 2.37. The van der Waals surface area contributed by atoms with Gasteiger partial charge in [0.15, 0.2) is 0 Å². The first-order chi connectivity index (χ1) is 17.7. The number of imidazole rings is 1. The fraction of sp³-hybridized carbons (Fsp3) is 0.0606. The first-order valence-corrected chi connectivity index (χ1v) is 13.1. The maximum atomic E-state index is 5.18. The molecule has 2 aromatic heterocycles. The standard InChI is InChI=1S/C33H22N2S/c1-33(27-16-9-14-24-23-12-6-8-17-30(23)36-31(24)27)26-15-7-5-13-25(26)32-34-28-19-18-22(20-29(28)35(32)33)21-10-3-2-4-11-21/h2-20H,1H3. The molecule has 1 aliphatic heterocycles. The topological polar surface area (TPSA) is 17.8 Å². The van der Waals surface area contributed by atoms with Gasteiger partial charge in [0, 0.05) is 31.3 Å². The number of hydrogen-bond donors (Lipinski definition) is 0. The summed E-state index contributed by atoms with van der Waals surface area (Å²) < 4.78 is 5.17. The normalized spacial score (nSPS) is 16.6. The summed E-state index contributed by atoms with van der Waals surface area (Å²) in [5, 5.41) is 2.66. The van der Waals surface area contributed by atoms with E-state index < -0.39 is 0 Å². The molecule has 1 aliphatic rings. The van der Waals surface area contributed by atoms with Crippen molar-refractivity contribution in [2.24, 2.45) is 0 Å².